The minimum Gasteiger partial charge on any atom is -0.462 e. The minimum atomic E-state index is -0.432. The standard InChI is InChI=1S/C26H40O6/c1-19(2)9-7-13-30-25(27)22-15-21(18-32-24-11-5-6-12-29-24)16-23(17-22)26(28)31-14-8-10-20(3)4/h15-17,19-20,24H,5-14,18H2,1-4H3. The second kappa shape index (κ2) is 14.3. The molecule has 1 unspecified atom stereocenters. The van der Waals surface area contributed by atoms with Crippen molar-refractivity contribution in [2.75, 3.05) is 19.8 Å². The lowest BCUT2D eigenvalue weighted by atomic mass is 10.1. The Labute approximate surface area is 193 Å². The number of benzene rings is 1. The van der Waals surface area contributed by atoms with Crippen molar-refractivity contribution in [3.8, 4) is 0 Å². The van der Waals surface area contributed by atoms with E-state index in [0.717, 1.165) is 50.5 Å². The molecule has 1 atom stereocenters. The van der Waals surface area contributed by atoms with Crippen LogP contribution >= 0.6 is 0 Å². The third-order valence-electron chi connectivity index (χ3n) is 5.36. The molecule has 0 N–H and O–H groups in total. The van der Waals surface area contributed by atoms with Crippen molar-refractivity contribution in [3.63, 3.8) is 0 Å². The molecule has 0 aliphatic carbocycles. The van der Waals surface area contributed by atoms with E-state index < -0.39 is 11.9 Å². The first-order chi connectivity index (χ1) is 15.3. The molecule has 0 saturated carbocycles. The Balaban J connectivity index is 2.03. The van der Waals surface area contributed by atoms with Gasteiger partial charge in [0, 0.05) is 6.61 Å². The van der Waals surface area contributed by atoms with Crippen LogP contribution in [0.4, 0.5) is 0 Å². The molecule has 1 aromatic carbocycles. The maximum atomic E-state index is 12.6. The Bertz CT molecular complexity index is 660. The smallest absolute Gasteiger partial charge is 0.338 e. The molecule has 1 aliphatic heterocycles. The van der Waals surface area contributed by atoms with Crippen molar-refractivity contribution in [2.24, 2.45) is 11.8 Å². The summed E-state index contributed by atoms with van der Waals surface area (Å²) in [5.41, 5.74) is 1.41. The van der Waals surface area contributed by atoms with E-state index in [1.54, 1.807) is 18.2 Å². The summed E-state index contributed by atoms with van der Waals surface area (Å²) in [4.78, 5) is 25.2. The van der Waals surface area contributed by atoms with E-state index in [9.17, 15) is 9.59 Å². The maximum Gasteiger partial charge on any atom is 0.338 e. The summed E-state index contributed by atoms with van der Waals surface area (Å²) in [5, 5.41) is 0. The Kier molecular flexibility index (Phi) is 11.7. The molecule has 0 aromatic heterocycles. The highest BCUT2D eigenvalue weighted by atomic mass is 16.7. The lowest BCUT2D eigenvalue weighted by molar-refractivity contribution is -0.168. The first-order valence-electron chi connectivity index (χ1n) is 12.1. The van der Waals surface area contributed by atoms with Crippen LogP contribution in [0.15, 0.2) is 18.2 Å². The second-order valence-corrected chi connectivity index (χ2v) is 9.37. The summed E-state index contributed by atoms with van der Waals surface area (Å²) in [6.45, 7) is 10.2. The van der Waals surface area contributed by atoms with E-state index in [2.05, 4.69) is 27.7 Å². The Morgan fingerprint density at radius 3 is 1.94 bits per heavy atom. The van der Waals surface area contributed by atoms with E-state index in [4.69, 9.17) is 18.9 Å². The maximum absolute atomic E-state index is 12.6. The summed E-state index contributed by atoms with van der Waals surface area (Å²) >= 11 is 0. The number of hydrogen-bond acceptors (Lipinski definition) is 6. The zero-order valence-corrected chi connectivity index (χ0v) is 20.2. The van der Waals surface area contributed by atoms with E-state index >= 15 is 0 Å². The first-order valence-corrected chi connectivity index (χ1v) is 12.1. The van der Waals surface area contributed by atoms with Crippen molar-refractivity contribution in [1.29, 1.82) is 0 Å². The Morgan fingerprint density at radius 2 is 1.47 bits per heavy atom. The first kappa shape index (κ1) is 26.3. The summed E-state index contributed by atoms with van der Waals surface area (Å²) in [6.07, 6.45) is 6.34. The average Bonchev–Trinajstić information content (AvgIpc) is 2.78. The molecular weight excluding hydrogens is 408 g/mol. The summed E-state index contributed by atoms with van der Waals surface area (Å²) < 4.78 is 22.3. The monoisotopic (exact) mass is 448 g/mol. The van der Waals surface area contributed by atoms with Gasteiger partial charge >= 0.3 is 11.9 Å². The van der Waals surface area contributed by atoms with Gasteiger partial charge in [0.2, 0.25) is 0 Å². The molecule has 1 saturated heterocycles. The van der Waals surface area contributed by atoms with E-state index in [0.29, 0.717) is 42.8 Å². The number of ether oxygens (including phenoxy) is 4. The fourth-order valence-electron chi connectivity index (χ4n) is 3.52. The van der Waals surface area contributed by atoms with Crippen LogP contribution in [0, 0.1) is 11.8 Å². The molecule has 32 heavy (non-hydrogen) atoms. The molecular formula is C26H40O6. The zero-order chi connectivity index (χ0) is 23.3. The number of rotatable bonds is 13. The van der Waals surface area contributed by atoms with Crippen LogP contribution in [0.3, 0.4) is 0 Å². The second-order valence-electron chi connectivity index (χ2n) is 9.37. The van der Waals surface area contributed by atoms with Crippen molar-refractivity contribution in [2.45, 2.75) is 85.5 Å². The molecule has 0 amide bonds. The number of carbonyl (C=O) groups excluding carboxylic acids is 2. The molecule has 2 rings (SSSR count). The Hall–Kier alpha value is -1.92. The molecule has 6 nitrogen and oxygen atoms in total. The highest BCUT2D eigenvalue weighted by Crippen LogP contribution is 2.19. The third-order valence-corrected chi connectivity index (χ3v) is 5.36. The molecule has 1 aromatic rings. The van der Waals surface area contributed by atoms with Crippen molar-refractivity contribution < 1.29 is 28.5 Å². The minimum absolute atomic E-state index is 0.248. The van der Waals surface area contributed by atoms with Crippen LogP contribution in [0.2, 0.25) is 0 Å². The van der Waals surface area contributed by atoms with Crippen LogP contribution in [-0.2, 0) is 25.6 Å². The molecule has 180 valence electrons. The predicted molar refractivity (Wildman–Crippen MR) is 124 cm³/mol. The highest BCUT2D eigenvalue weighted by Gasteiger charge is 2.18. The lowest BCUT2D eigenvalue weighted by Gasteiger charge is -2.22. The molecule has 1 aliphatic rings. The van der Waals surface area contributed by atoms with E-state index in [-0.39, 0.29) is 12.9 Å². The fourth-order valence-corrected chi connectivity index (χ4v) is 3.52. The van der Waals surface area contributed by atoms with Gasteiger partial charge in [-0.25, -0.2) is 9.59 Å². The average molecular weight is 449 g/mol. The predicted octanol–water partition coefficient (Wildman–Crippen LogP) is 5.92. The van der Waals surface area contributed by atoms with Gasteiger partial charge in [-0.3, -0.25) is 0 Å². The van der Waals surface area contributed by atoms with Gasteiger partial charge in [0.25, 0.3) is 0 Å². The molecule has 0 radical (unpaired) electrons. The van der Waals surface area contributed by atoms with Gasteiger partial charge in [-0.05, 0) is 80.5 Å². The van der Waals surface area contributed by atoms with Crippen molar-refractivity contribution in [1.82, 2.24) is 0 Å². The molecule has 0 spiro atoms. The van der Waals surface area contributed by atoms with Crippen LogP contribution in [0.5, 0.6) is 0 Å². The molecule has 1 heterocycles. The van der Waals surface area contributed by atoms with Gasteiger partial charge in [0.05, 0.1) is 30.9 Å². The van der Waals surface area contributed by atoms with Gasteiger partial charge in [-0.15, -0.1) is 0 Å². The van der Waals surface area contributed by atoms with Crippen LogP contribution in [-0.4, -0.2) is 38.0 Å². The lowest BCUT2D eigenvalue weighted by Crippen LogP contribution is -2.22. The zero-order valence-electron chi connectivity index (χ0n) is 20.2. The molecule has 1 fully saturated rings. The summed E-state index contributed by atoms with van der Waals surface area (Å²) in [7, 11) is 0. The molecule has 6 heteroatoms. The largest absolute Gasteiger partial charge is 0.462 e. The summed E-state index contributed by atoms with van der Waals surface area (Å²) in [5.74, 6) is 0.262. The van der Waals surface area contributed by atoms with Gasteiger partial charge < -0.3 is 18.9 Å². The Morgan fingerprint density at radius 1 is 0.906 bits per heavy atom. The molecule has 0 bridgehead atoms. The number of carbonyl (C=O) groups is 2. The number of hydrogen-bond donors (Lipinski definition) is 0. The van der Waals surface area contributed by atoms with E-state index in [1.807, 2.05) is 0 Å². The van der Waals surface area contributed by atoms with Gasteiger partial charge in [0.1, 0.15) is 0 Å². The SMILES string of the molecule is CC(C)CCCOC(=O)c1cc(COC2CCCCO2)cc(C(=O)OCCCC(C)C)c1. The van der Waals surface area contributed by atoms with Crippen molar-refractivity contribution >= 4 is 11.9 Å². The topological polar surface area (TPSA) is 71.1 Å². The van der Waals surface area contributed by atoms with Gasteiger partial charge in [-0.2, -0.15) is 0 Å². The van der Waals surface area contributed by atoms with Crippen LogP contribution in [0.25, 0.3) is 0 Å². The van der Waals surface area contributed by atoms with Gasteiger partial charge in [0.15, 0.2) is 6.29 Å². The van der Waals surface area contributed by atoms with Crippen LogP contribution in [0.1, 0.15) is 98.9 Å². The quantitative estimate of drug-likeness (QED) is 0.276. The van der Waals surface area contributed by atoms with Crippen LogP contribution < -0.4 is 0 Å². The van der Waals surface area contributed by atoms with Gasteiger partial charge in [-0.1, -0.05) is 27.7 Å². The normalized spacial score (nSPS) is 16.4. The fraction of sp³-hybridized carbons (Fsp3) is 0.692. The van der Waals surface area contributed by atoms with E-state index in [1.165, 1.54) is 0 Å². The third kappa shape index (κ3) is 10.1. The number of esters is 2. The van der Waals surface area contributed by atoms with Crippen molar-refractivity contribution in [3.05, 3.63) is 34.9 Å². The summed E-state index contributed by atoms with van der Waals surface area (Å²) in [6, 6.07) is 5.00. The highest BCUT2D eigenvalue weighted by molar-refractivity contribution is 5.95.